The summed E-state index contributed by atoms with van der Waals surface area (Å²) < 4.78 is 31.6. The number of aliphatic hydroxyl groups excluding tert-OH is 2. The number of ether oxygens (including phenoxy) is 1. The molecule has 0 fully saturated rings. The Labute approximate surface area is 128 Å². The molecule has 1 atom stereocenters. The maximum absolute atomic E-state index is 13.6. The van der Waals surface area contributed by atoms with Crippen LogP contribution in [0, 0.1) is 11.6 Å². The van der Waals surface area contributed by atoms with Gasteiger partial charge in [0.05, 0.1) is 19.3 Å². The number of amides is 1. The Hall–Kier alpha value is -1.73. The lowest BCUT2D eigenvalue weighted by atomic mass is 10.1. The highest BCUT2D eigenvalue weighted by molar-refractivity contribution is 5.68. The summed E-state index contributed by atoms with van der Waals surface area (Å²) in [6, 6.07) is 2.79. The van der Waals surface area contributed by atoms with Crippen LogP contribution < -0.4 is 0 Å². The van der Waals surface area contributed by atoms with Gasteiger partial charge in [0.25, 0.3) is 0 Å². The van der Waals surface area contributed by atoms with Crippen molar-refractivity contribution in [2.75, 3.05) is 19.7 Å². The average Bonchev–Trinajstić information content (AvgIpc) is 2.35. The van der Waals surface area contributed by atoms with Crippen LogP contribution in [0.3, 0.4) is 0 Å². The fourth-order valence-corrected chi connectivity index (χ4v) is 1.78. The van der Waals surface area contributed by atoms with Crippen LogP contribution in [0.15, 0.2) is 18.2 Å². The molecular weight excluding hydrogens is 296 g/mol. The van der Waals surface area contributed by atoms with E-state index >= 15 is 0 Å². The molecule has 124 valence electrons. The molecule has 0 aromatic heterocycles. The predicted molar refractivity (Wildman–Crippen MR) is 76.2 cm³/mol. The van der Waals surface area contributed by atoms with Crippen molar-refractivity contribution in [3.63, 3.8) is 0 Å². The van der Waals surface area contributed by atoms with E-state index in [1.54, 1.807) is 20.8 Å². The number of hydrogen-bond acceptors (Lipinski definition) is 4. The first-order valence-corrected chi connectivity index (χ1v) is 6.86. The molecule has 1 amide bonds. The number of carbonyl (C=O) groups excluding carboxylic acids is 1. The Morgan fingerprint density at radius 2 is 2.00 bits per heavy atom. The molecular formula is C15H21F2NO4. The molecule has 0 spiro atoms. The molecule has 0 saturated heterocycles. The van der Waals surface area contributed by atoms with Crippen molar-refractivity contribution in [2.24, 2.45) is 0 Å². The monoisotopic (exact) mass is 317 g/mol. The van der Waals surface area contributed by atoms with E-state index < -0.39 is 29.4 Å². The van der Waals surface area contributed by atoms with E-state index in [0.29, 0.717) is 6.07 Å². The minimum absolute atomic E-state index is 0.0746. The van der Waals surface area contributed by atoms with Crippen LogP contribution in [0.5, 0.6) is 0 Å². The fraction of sp³-hybridized carbons (Fsp3) is 0.533. The van der Waals surface area contributed by atoms with E-state index in [1.807, 2.05) is 0 Å². The zero-order valence-electron chi connectivity index (χ0n) is 12.8. The summed E-state index contributed by atoms with van der Waals surface area (Å²) in [5.74, 6) is -1.66. The lowest BCUT2D eigenvalue weighted by molar-refractivity contribution is 0.0106. The molecule has 1 aromatic rings. The van der Waals surface area contributed by atoms with Crippen molar-refractivity contribution >= 4 is 6.09 Å². The smallest absolute Gasteiger partial charge is 0.410 e. The van der Waals surface area contributed by atoms with Crippen molar-refractivity contribution in [2.45, 2.75) is 32.5 Å². The molecule has 7 heteroatoms. The Balaban J connectivity index is 2.83. The minimum Gasteiger partial charge on any atom is -0.444 e. The van der Waals surface area contributed by atoms with E-state index in [-0.39, 0.29) is 25.3 Å². The van der Waals surface area contributed by atoms with Gasteiger partial charge in [0.2, 0.25) is 0 Å². The zero-order chi connectivity index (χ0) is 16.9. The summed E-state index contributed by atoms with van der Waals surface area (Å²) >= 11 is 0. The lowest BCUT2D eigenvalue weighted by Crippen LogP contribution is -2.40. The number of nitrogens with zero attached hydrogens (tertiary/aromatic N) is 1. The average molecular weight is 317 g/mol. The van der Waals surface area contributed by atoms with Crippen LogP contribution in [-0.2, 0) is 4.74 Å². The third-order valence-electron chi connectivity index (χ3n) is 2.74. The van der Waals surface area contributed by atoms with E-state index in [0.717, 1.165) is 17.0 Å². The summed E-state index contributed by atoms with van der Waals surface area (Å²) in [5, 5.41) is 19.0. The van der Waals surface area contributed by atoms with Gasteiger partial charge in [-0.2, -0.15) is 0 Å². The summed E-state index contributed by atoms with van der Waals surface area (Å²) in [7, 11) is 0. The third kappa shape index (κ3) is 5.57. The van der Waals surface area contributed by atoms with Gasteiger partial charge in [0, 0.05) is 18.2 Å². The maximum atomic E-state index is 13.6. The Kier molecular flexibility index (Phi) is 6.25. The van der Waals surface area contributed by atoms with Gasteiger partial charge in [-0.25, -0.2) is 13.6 Å². The number of hydrogen-bond donors (Lipinski definition) is 2. The first-order valence-electron chi connectivity index (χ1n) is 6.86. The first kappa shape index (κ1) is 18.3. The molecule has 2 N–H and O–H groups in total. The molecule has 0 bridgehead atoms. The molecule has 1 unspecified atom stereocenters. The van der Waals surface area contributed by atoms with Crippen molar-refractivity contribution in [3.05, 3.63) is 35.4 Å². The normalized spacial score (nSPS) is 12.9. The third-order valence-corrected chi connectivity index (χ3v) is 2.74. The minimum atomic E-state index is -1.36. The second kappa shape index (κ2) is 7.51. The van der Waals surface area contributed by atoms with Crippen LogP contribution in [0.2, 0.25) is 0 Å². The van der Waals surface area contributed by atoms with Crippen LogP contribution in [0.25, 0.3) is 0 Å². The molecule has 1 aromatic carbocycles. The van der Waals surface area contributed by atoms with Crippen molar-refractivity contribution in [1.82, 2.24) is 4.90 Å². The zero-order valence-corrected chi connectivity index (χ0v) is 12.8. The molecule has 22 heavy (non-hydrogen) atoms. The van der Waals surface area contributed by atoms with Gasteiger partial charge in [-0.1, -0.05) is 6.07 Å². The molecule has 0 aliphatic rings. The predicted octanol–water partition coefficient (Wildman–Crippen LogP) is 2.23. The summed E-state index contributed by atoms with van der Waals surface area (Å²) in [5.41, 5.74) is -0.871. The van der Waals surface area contributed by atoms with E-state index in [9.17, 15) is 18.7 Å². The molecule has 0 radical (unpaired) electrons. The highest BCUT2D eigenvalue weighted by Crippen LogP contribution is 2.20. The Bertz CT molecular complexity index is 517. The topological polar surface area (TPSA) is 70.0 Å². The highest BCUT2D eigenvalue weighted by atomic mass is 19.1. The molecule has 0 saturated carbocycles. The van der Waals surface area contributed by atoms with Crippen LogP contribution in [0.4, 0.5) is 13.6 Å². The SMILES string of the molecule is CC(C)(C)OC(=O)N(CCO)CC(O)c1ccc(F)cc1F. The van der Waals surface area contributed by atoms with Crippen molar-refractivity contribution < 1.29 is 28.5 Å². The Morgan fingerprint density at radius 1 is 1.36 bits per heavy atom. The number of halogens is 2. The summed E-state index contributed by atoms with van der Waals surface area (Å²) in [4.78, 5) is 13.1. The molecule has 1 rings (SSSR count). The van der Waals surface area contributed by atoms with Crippen LogP contribution in [-0.4, -0.2) is 46.5 Å². The molecule has 0 aliphatic carbocycles. The molecule has 0 aliphatic heterocycles. The van der Waals surface area contributed by atoms with Gasteiger partial charge in [0.1, 0.15) is 17.2 Å². The second-order valence-corrected chi connectivity index (χ2v) is 5.83. The van der Waals surface area contributed by atoms with Gasteiger partial charge in [-0.3, -0.25) is 0 Å². The van der Waals surface area contributed by atoms with Crippen LogP contribution in [0.1, 0.15) is 32.4 Å². The van der Waals surface area contributed by atoms with E-state index in [4.69, 9.17) is 9.84 Å². The second-order valence-electron chi connectivity index (χ2n) is 5.83. The standard InChI is InChI=1S/C15H21F2NO4/c1-15(2,3)22-14(21)18(6-7-19)9-13(20)11-5-4-10(16)8-12(11)17/h4-5,8,13,19-20H,6-7,9H2,1-3H3. The molecule has 5 nitrogen and oxygen atoms in total. The quantitative estimate of drug-likeness (QED) is 0.874. The number of rotatable bonds is 5. The number of carbonyl (C=O) groups is 1. The van der Waals surface area contributed by atoms with Gasteiger partial charge in [0.15, 0.2) is 0 Å². The first-order chi connectivity index (χ1) is 10.1. The summed E-state index contributed by atoms with van der Waals surface area (Å²) in [6.07, 6.45) is -2.09. The maximum Gasteiger partial charge on any atom is 0.410 e. The fourth-order valence-electron chi connectivity index (χ4n) is 1.78. The van der Waals surface area contributed by atoms with Gasteiger partial charge in [-0.15, -0.1) is 0 Å². The highest BCUT2D eigenvalue weighted by Gasteiger charge is 2.25. The Morgan fingerprint density at radius 3 is 2.50 bits per heavy atom. The van der Waals surface area contributed by atoms with Gasteiger partial charge in [-0.05, 0) is 26.8 Å². The van der Waals surface area contributed by atoms with Gasteiger partial charge < -0.3 is 19.8 Å². The largest absolute Gasteiger partial charge is 0.444 e. The van der Waals surface area contributed by atoms with E-state index in [2.05, 4.69) is 0 Å². The van der Waals surface area contributed by atoms with Crippen molar-refractivity contribution in [1.29, 1.82) is 0 Å². The number of benzene rings is 1. The molecule has 0 heterocycles. The van der Waals surface area contributed by atoms with E-state index in [1.165, 1.54) is 0 Å². The van der Waals surface area contributed by atoms with Crippen LogP contribution >= 0.6 is 0 Å². The van der Waals surface area contributed by atoms with Crippen molar-refractivity contribution in [3.8, 4) is 0 Å². The number of aliphatic hydroxyl groups is 2. The summed E-state index contributed by atoms with van der Waals surface area (Å²) in [6.45, 7) is 4.35. The van der Waals surface area contributed by atoms with Gasteiger partial charge >= 0.3 is 6.09 Å². The lowest BCUT2D eigenvalue weighted by Gasteiger charge is -2.28.